The fourth-order valence-electron chi connectivity index (χ4n) is 9.99. The highest BCUT2D eigenvalue weighted by Crippen LogP contribution is 2.68. The molecule has 4 aliphatic rings. The van der Waals surface area contributed by atoms with E-state index in [2.05, 4.69) is 31.6 Å². The van der Waals surface area contributed by atoms with E-state index in [-0.39, 0.29) is 95.9 Å². The van der Waals surface area contributed by atoms with Crippen LogP contribution in [0.5, 0.6) is 0 Å². The molecule has 0 aromatic carbocycles. The van der Waals surface area contributed by atoms with Crippen LogP contribution in [0.2, 0.25) is 0 Å². The highest BCUT2D eigenvalue weighted by Gasteiger charge is 2.65. The quantitative estimate of drug-likeness (QED) is 0.114. The Labute approximate surface area is 279 Å². The molecule has 0 saturated heterocycles. The number of aliphatic carboxylic acids is 1. The molecule has 0 aromatic heterocycles. The molecule has 0 aliphatic heterocycles. The van der Waals surface area contributed by atoms with Crippen LogP contribution in [0.4, 0.5) is 0 Å². The highest BCUT2D eigenvalue weighted by atomic mass is 16.7. The predicted octanol–water partition coefficient (Wildman–Crippen LogP) is 3.02. The molecule has 12 heteroatoms. The molecule has 47 heavy (non-hydrogen) atoms. The second kappa shape index (κ2) is 16.5. The third-order valence-electron chi connectivity index (χ3n) is 12.5. The second-order valence-corrected chi connectivity index (χ2v) is 15.3. The number of fused-ring (bicyclic) bond motifs is 5. The maximum Gasteiger partial charge on any atom is 0.303 e. The van der Waals surface area contributed by atoms with Crippen LogP contribution in [0, 0.1) is 46.3 Å². The fraction of sp³-hybridized carbons (Fsp3) is 0.886. The van der Waals surface area contributed by atoms with Crippen molar-refractivity contribution in [3.8, 4) is 0 Å². The van der Waals surface area contributed by atoms with Gasteiger partial charge in [0.1, 0.15) is 6.61 Å². The maximum absolute atomic E-state index is 12.4. The largest absolute Gasteiger partial charge is 0.481 e. The lowest BCUT2D eigenvalue weighted by Crippen LogP contribution is -2.62. The highest BCUT2D eigenvalue weighted by molar-refractivity contribution is 5.83. The summed E-state index contributed by atoms with van der Waals surface area (Å²) in [5, 5.41) is 35.3. The van der Waals surface area contributed by atoms with Crippen molar-refractivity contribution in [3.05, 3.63) is 0 Å². The monoisotopic (exact) mass is 666 g/mol. The minimum atomic E-state index is -0.783. The number of hydroxylamine groups is 1. The Balaban J connectivity index is 1.21. The number of hydrogen-bond donors (Lipinski definition) is 5. The van der Waals surface area contributed by atoms with Crippen LogP contribution < -0.4 is 10.8 Å². The van der Waals surface area contributed by atoms with Gasteiger partial charge in [0.15, 0.2) is 5.78 Å². The van der Waals surface area contributed by atoms with Crippen molar-refractivity contribution in [1.29, 1.82) is 0 Å². The SMILES string of the molecule is CC(=O)COCCOCCNC(=O)CCC(=O)NO[C@H]1CC[C@]2(C)C3C[C@H](O)[C@@]4(C)C(CC[C@@H]4[C@H](C)CCC(=O)O)[C@@H]3[C@H](O)C[C@@H]2C1. The van der Waals surface area contributed by atoms with Crippen molar-refractivity contribution in [1.82, 2.24) is 10.8 Å². The lowest BCUT2D eigenvalue weighted by Gasteiger charge is -2.63. The molecule has 0 heterocycles. The average molecular weight is 667 g/mol. The summed E-state index contributed by atoms with van der Waals surface area (Å²) >= 11 is 0. The molecule has 11 atom stereocenters. The Hall–Kier alpha value is -2.12. The van der Waals surface area contributed by atoms with Gasteiger partial charge in [-0.25, -0.2) is 5.48 Å². The van der Waals surface area contributed by atoms with E-state index < -0.39 is 18.2 Å². The number of ketones is 1. The molecule has 5 N–H and O–H groups in total. The van der Waals surface area contributed by atoms with Crippen molar-refractivity contribution >= 4 is 23.6 Å². The average Bonchev–Trinajstić information content (AvgIpc) is 3.38. The first-order valence-corrected chi connectivity index (χ1v) is 17.7. The molecule has 4 saturated carbocycles. The van der Waals surface area contributed by atoms with Gasteiger partial charge in [-0.1, -0.05) is 20.8 Å². The van der Waals surface area contributed by atoms with Gasteiger partial charge in [0.25, 0.3) is 0 Å². The maximum atomic E-state index is 12.4. The van der Waals surface area contributed by atoms with E-state index >= 15 is 0 Å². The van der Waals surface area contributed by atoms with Gasteiger partial charge in [0, 0.05) is 25.8 Å². The number of nitrogens with one attached hydrogen (secondary N) is 2. The molecule has 2 amide bonds. The van der Waals surface area contributed by atoms with Crippen LogP contribution in [0.15, 0.2) is 0 Å². The van der Waals surface area contributed by atoms with E-state index in [9.17, 15) is 34.5 Å². The molecular weight excluding hydrogens is 608 g/mol. The Morgan fingerprint density at radius 2 is 1.62 bits per heavy atom. The minimum absolute atomic E-state index is 0.00410. The van der Waals surface area contributed by atoms with Crippen molar-refractivity contribution in [3.63, 3.8) is 0 Å². The van der Waals surface area contributed by atoms with Gasteiger partial charge in [-0.05, 0) is 105 Å². The Bertz CT molecular complexity index is 1100. The third-order valence-corrected chi connectivity index (χ3v) is 12.5. The minimum Gasteiger partial charge on any atom is -0.481 e. The van der Waals surface area contributed by atoms with Gasteiger partial charge < -0.3 is 30.1 Å². The van der Waals surface area contributed by atoms with Crippen molar-refractivity contribution in [2.45, 2.75) is 117 Å². The van der Waals surface area contributed by atoms with Crippen LogP contribution in [-0.4, -0.2) is 90.2 Å². The Morgan fingerprint density at radius 1 is 0.894 bits per heavy atom. The lowest BCUT2D eigenvalue weighted by molar-refractivity contribution is -0.212. The Morgan fingerprint density at radius 3 is 2.34 bits per heavy atom. The number of carboxylic acid groups (broad SMARTS) is 1. The van der Waals surface area contributed by atoms with Crippen LogP contribution in [0.1, 0.15) is 98.3 Å². The van der Waals surface area contributed by atoms with Crippen LogP contribution >= 0.6 is 0 Å². The number of carbonyl (C=O) groups excluding carboxylic acids is 3. The van der Waals surface area contributed by atoms with E-state index in [4.69, 9.17) is 14.3 Å². The van der Waals surface area contributed by atoms with Gasteiger partial charge in [0.05, 0.1) is 38.1 Å². The molecule has 0 spiro atoms. The number of ether oxygens (including phenoxy) is 2. The summed E-state index contributed by atoms with van der Waals surface area (Å²) in [7, 11) is 0. The number of aliphatic hydroxyl groups excluding tert-OH is 2. The summed E-state index contributed by atoms with van der Waals surface area (Å²) in [6.07, 6.45) is 5.21. The molecule has 0 bridgehead atoms. The van der Waals surface area contributed by atoms with Gasteiger partial charge in [-0.2, -0.15) is 0 Å². The summed E-state index contributed by atoms with van der Waals surface area (Å²) in [5.74, 6) is -0.304. The topological polar surface area (TPSA) is 181 Å². The number of carbonyl (C=O) groups is 4. The molecule has 0 aromatic rings. The van der Waals surface area contributed by atoms with E-state index in [0.717, 1.165) is 25.7 Å². The molecule has 0 radical (unpaired) electrons. The molecular formula is C35H58N2O10. The molecule has 268 valence electrons. The van der Waals surface area contributed by atoms with Gasteiger partial charge >= 0.3 is 5.97 Å². The van der Waals surface area contributed by atoms with Gasteiger partial charge in [-0.3, -0.25) is 24.0 Å². The lowest BCUT2D eigenvalue weighted by atomic mass is 9.43. The summed E-state index contributed by atoms with van der Waals surface area (Å²) in [6.45, 7) is 9.38. The van der Waals surface area contributed by atoms with Gasteiger partial charge in [0.2, 0.25) is 11.8 Å². The van der Waals surface area contributed by atoms with Crippen LogP contribution in [-0.2, 0) is 33.5 Å². The number of Topliss-reactive ketones (excluding diaryl/α,β-unsaturated/α-hetero) is 1. The first-order chi connectivity index (χ1) is 22.3. The standard InChI is InChI=1S/C35H58N2O10/c1-21(5-10-32(43)44)25-6-7-26-33-27(19-29(40)35(25,26)4)34(3)12-11-24(17-23(34)18-28(33)39)47-37-31(42)9-8-30(41)36-13-14-45-15-16-46-20-22(2)38/h21,23-29,33,39-40H,5-20H2,1-4H3,(H,36,41)(H,37,42)(H,43,44)/t21-,23+,24+,25-,26?,27?,28-,29+,33+,34+,35-/m1/s1. The molecule has 4 aliphatic carbocycles. The molecule has 4 fully saturated rings. The number of amides is 2. The fourth-order valence-corrected chi connectivity index (χ4v) is 9.99. The second-order valence-electron chi connectivity index (χ2n) is 15.3. The normalized spacial score (nSPS) is 36.8. The first kappa shape index (κ1) is 37.7. The summed E-state index contributed by atoms with van der Waals surface area (Å²) in [6, 6.07) is 0. The molecule has 4 rings (SSSR count). The summed E-state index contributed by atoms with van der Waals surface area (Å²) in [5.41, 5.74) is 2.16. The third kappa shape index (κ3) is 8.92. The number of hydrogen-bond acceptors (Lipinski definition) is 9. The van der Waals surface area contributed by atoms with E-state index in [1.807, 2.05) is 0 Å². The van der Waals surface area contributed by atoms with Crippen LogP contribution in [0.3, 0.4) is 0 Å². The summed E-state index contributed by atoms with van der Waals surface area (Å²) in [4.78, 5) is 52.4. The van der Waals surface area contributed by atoms with Crippen molar-refractivity contribution < 1.29 is 48.8 Å². The number of aliphatic hydroxyl groups is 2. The van der Waals surface area contributed by atoms with Crippen LogP contribution in [0.25, 0.3) is 0 Å². The summed E-state index contributed by atoms with van der Waals surface area (Å²) < 4.78 is 10.4. The zero-order valence-electron chi connectivity index (χ0n) is 28.7. The zero-order chi connectivity index (χ0) is 34.4. The van der Waals surface area contributed by atoms with Crippen molar-refractivity contribution in [2.75, 3.05) is 33.0 Å². The van der Waals surface area contributed by atoms with Gasteiger partial charge in [-0.15, -0.1) is 0 Å². The number of rotatable bonds is 17. The smallest absolute Gasteiger partial charge is 0.303 e. The zero-order valence-corrected chi connectivity index (χ0v) is 28.7. The predicted molar refractivity (Wildman–Crippen MR) is 172 cm³/mol. The molecule has 2 unspecified atom stereocenters. The van der Waals surface area contributed by atoms with E-state index in [1.54, 1.807) is 0 Å². The number of carboxylic acids is 1. The van der Waals surface area contributed by atoms with Crippen molar-refractivity contribution in [2.24, 2.45) is 46.3 Å². The Kier molecular flexibility index (Phi) is 13.3. The van der Waals surface area contributed by atoms with E-state index in [0.29, 0.717) is 52.0 Å². The first-order valence-electron chi connectivity index (χ1n) is 17.7. The van der Waals surface area contributed by atoms with E-state index in [1.165, 1.54) is 6.92 Å². The molecule has 12 nitrogen and oxygen atoms in total.